The van der Waals surface area contributed by atoms with Gasteiger partial charge >= 0.3 is 0 Å². The average molecular weight is 362 g/mol. The van der Waals surface area contributed by atoms with Crippen molar-refractivity contribution >= 4 is 32.6 Å². The maximum Gasteiger partial charge on any atom is 0.250 e. The summed E-state index contributed by atoms with van der Waals surface area (Å²) in [5, 5.41) is 4.55. The molecule has 3 rings (SSSR count). The van der Waals surface area contributed by atoms with E-state index in [1.807, 2.05) is 14.1 Å². The normalized spacial score (nSPS) is 11.4. The topological polar surface area (TPSA) is 67.2 Å². The first-order valence-electron chi connectivity index (χ1n) is 7.86. The van der Waals surface area contributed by atoms with Crippen molar-refractivity contribution in [3.05, 3.63) is 36.7 Å². The van der Waals surface area contributed by atoms with Gasteiger partial charge in [0.1, 0.15) is 25.0 Å². The van der Waals surface area contributed by atoms with Crippen molar-refractivity contribution in [2.24, 2.45) is 0 Å². The van der Waals surface area contributed by atoms with Crippen LogP contribution in [0, 0.1) is 5.82 Å². The Morgan fingerprint density at radius 1 is 1.32 bits per heavy atom. The number of carbonyl (C=O) groups is 1. The fraction of sp³-hybridized carbons (Fsp3) is 0.375. The number of halogens is 1. The number of rotatable bonds is 7. The molecule has 0 aliphatic heterocycles. The van der Waals surface area contributed by atoms with Crippen molar-refractivity contribution in [2.45, 2.75) is 13.0 Å². The number of thiazole rings is 1. The molecule has 0 aliphatic rings. The number of hydrogen-bond acceptors (Lipinski definition) is 6. The summed E-state index contributed by atoms with van der Waals surface area (Å²) in [5.74, 6) is -0.431. The van der Waals surface area contributed by atoms with Gasteiger partial charge in [0.25, 0.3) is 5.91 Å². The Bertz CT molecular complexity index is 848. The quantitative estimate of drug-likeness (QED) is 0.643. The number of aromatic nitrogens is 4. The number of benzene rings is 1. The van der Waals surface area contributed by atoms with Gasteiger partial charge in [0.2, 0.25) is 0 Å². The van der Waals surface area contributed by atoms with Crippen LogP contribution in [0.5, 0.6) is 0 Å². The van der Waals surface area contributed by atoms with E-state index in [1.54, 1.807) is 11.0 Å². The molecule has 7 nitrogen and oxygen atoms in total. The molecule has 9 heteroatoms. The van der Waals surface area contributed by atoms with Gasteiger partial charge in [-0.15, -0.1) is 0 Å². The van der Waals surface area contributed by atoms with Crippen LogP contribution in [0.3, 0.4) is 0 Å². The average Bonchev–Trinajstić information content (AvgIpc) is 3.19. The Kier molecular flexibility index (Phi) is 5.34. The third kappa shape index (κ3) is 4.37. The molecule has 25 heavy (non-hydrogen) atoms. The van der Waals surface area contributed by atoms with E-state index in [0.29, 0.717) is 17.2 Å². The van der Waals surface area contributed by atoms with Gasteiger partial charge < -0.3 is 4.90 Å². The van der Waals surface area contributed by atoms with Gasteiger partial charge in [0.15, 0.2) is 5.13 Å². The number of hydrogen-bond donors (Lipinski definition) is 0. The monoisotopic (exact) mass is 362 g/mol. The van der Waals surface area contributed by atoms with Crippen molar-refractivity contribution in [1.29, 1.82) is 0 Å². The summed E-state index contributed by atoms with van der Waals surface area (Å²) < 4.78 is 15.6. The number of nitrogens with zero attached hydrogens (tertiary/aromatic N) is 6. The van der Waals surface area contributed by atoms with E-state index in [2.05, 4.69) is 20.0 Å². The van der Waals surface area contributed by atoms with E-state index < -0.39 is 0 Å². The Hall–Kier alpha value is -2.39. The predicted molar refractivity (Wildman–Crippen MR) is 95.1 cm³/mol. The molecule has 0 radical (unpaired) electrons. The highest BCUT2D eigenvalue weighted by atomic mass is 32.1. The largest absolute Gasteiger partial charge is 0.309 e. The summed E-state index contributed by atoms with van der Waals surface area (Å²) in [6.45, 7) is 1.48. The molecular formula is C16H19FN6OS. The first-order valence-corrected chi connectivity index (χ1v) is 8.68. The third-order valence-corrected chi connectivity index (χ3v) is 4.66. The molecule has 0 unspecified atom stereocenters. The lowest BCUT2D eigenvalue weighted by atomic mass is 10.3. The van der Waals surface area contributed by atoms with Crippen molar-refractivity contribution < 1.29 is 9.18 Å². The van der Waals surface area contributed by atoms with E-state index in [-0.39, 0.29) is 18.3 Å². The van der Waals surface area contributed by atoms with Crippen molar-refractivity contribution in [3.63, 3.8) is 0 Å². The molecule has 0 saturated heterocycles. The predicted octanol–water partition coefficient (Wildman–Crippen LogP) is 2.01. The maximum absolute atomic E-state index is 13.4. The lowest BCUT2D eigenvalue weighted by Gasteiger charge is -2.20. The van der Waals surface area contributed by atoms with Gasteiger partial charge in [-0.3, -0.25) is 9.69 Å². The van der Waals surface area contributed by atoms with Gasteiger partial charge in [0, 0.05) is 6.54 Å². The summed E-state index contributed by atoms with van der Waals surface area (Å²) in [7, 11) is 3.98. The molecule has 1 amide bonds. The third-order valence-electron chi connectivity index (χ3n) is 3.62. The maximum atomic E-state index is 13.4. The summed E-state index contributed by atoms with van der Waals surface area (Å²) in [4.78, 5) is 24.8. The molecule has 0 atom stereocenters. The Labute approximate surface area is 148 Å². The zero-order chi connectivity index (χ0) is 17.8. The van der Waals surface area contributed by atoms with Gasteiger partial charge in [-0.25, -0.2) is 19.0 Å². The van der Waals surface area contributed by atoms with Crippen LogP contribution in [0.4, 0.5) is 9.52 Å². The highest BCUT2D eigenvalue weighted by molar-refractivity contribution is 7.22. The van der Waals surface area contributed by atoms with E-state index in [9.17, 15) is 9.18 Å². The molecule has 132 valence electrons. The zero-order valence-electron chi connectivity index (χ0n) is 14.1. The second-order valence-corrected chi connectivity index (χ2v) is 6.91. The highest BCUT2D eigenvalue weighted by Gasteiger charge is 2.20. The van der Waals surface area contributed by atoms with Crippen LogP contribution in [0.1, 0.15) is 6.42 Å². The molecule has 3 aromatic rings. The lowest BCUT2D eigenvalue weighted by Crippen LogP contribution is -2.36. The lowest BCUT2D eigenvalue weighted by molar-refractivity contribution is -0.119. The minimum Gasteiger partial charge on any atom is -0.309 e. The van der Waals surface area contributed by atoms with Crippen LogP contribution in [-0.2, 0) is 11.3 Å². The molecule has 0 bridgehead atoms. The van der Waals surface area contributed by atoms with Crippen molar-refractivity contribution in [2.75, 3.05) is 32.1 Å². The summed E-state index contributed by atoms with van der Waals surface area (Å²) in [6, 6.07) is 4.44. The van der Waals surface area contributed by atoms with Gasteiger partial charge in [-0.2, -0.15) is 5.10 Å². The smallest absolute Gasteiger partial charge is 0.250 e. The molecule has 1 aromatic carbocycles. The number of amides is 1. The van der Waals surface area contributed by atoms with E-state index in [4.69, 9.17) is 0 Å². The Balaban J connectivity index is 1.84. The SMILES string of the molecule is CN(C)CCCN(C(=O)Cn1cncn1)c1nc2ccc(F)cc2s1. The van der Waals surface area contributed by atoms with Crippen LogP contribution < -0.4 is 4.90 Å². The fourth-order valence-corrected chi connectivity index (χ4v) is 3.45. The molecule has 0 aliphatic carbocycles. The minimum absolute atomic E-state index is 0.0895. The Morgan fingerprint density at radius 2 is 2.16 bits per heavy atom. The van der Waals surface area contributed by atoms with Crippen LogP contribution >= 0.6 is 11.3 Å². The van der Waals surface area contributed by atoms with E-state index >= 15 is 0 Å². The standard InChI is InChI=1S/C16H19FN6OS/c1-21(2)6-3-7-23(15(24)9-22-11-18-10-19-22)16-20-13-5-4-12(17)8-14(13)25-16/h4-5,8,10-11H,3,6-7,9H2,1-2H3. The molecule has 0 spiro atoms. The summed E-state index contributed by atoms with van der Waals surface area (Å²) in [5.41, 5.74) is 0.688. The van der Waals surface area contributed by atoms with Crippen molar-refractivity contribution in [3.8, 4) is 0 Å². The first kappa shape index (κ1) is 17.4. The first-order chi connectivity index (χ1) is 12.0. The minimum atomic E-state index is -0.309. The number of carbonyl (C=O) groups excluding carboxylic acids is 1. The summed E-state index contributed by atoms with van der Waals surface area (Å²) >= 11 is 1.31. The van der Waals surface area contributed by atoms with Gasteiger partial charge in [-0.05, 0) is 45.3 Å². The van der Waals surface area contributed by atoms with Gasteiger partial charge in [-0.1, -0.05) is 11.3 Å². The van der Waals surface area contributed by atoms with E-state index in [1.165, 1.54) is 40.8 Å². The van der Waals surface area contributed by atoms with Crippen LogP contribution in [0.25, 0.3) is 10.2 Å². The second-order valence-electron chi connectivity index (χ2n) is 5.90. The second kappa shape index (κ2) is 7.66. The molecule has 2 aromatic heterocycles. The number of anilines is 1. The van der Waals surface area contributed by atoms with Crippen LogP contribution in [0.15, 0.2) is 30.9 Å². The molecule has 0 fully saturated rings. The molecule has 0 N–H and O–H groups in total. The van der Waals surface area contributed by atoms with Crippen LogP contribution in [0.2, 0.25) is 0 Å². The number of fused-ring (bicyclic) bond motifs is 1. The molecule has 0 saturated carbocycles. The van der Waals surface area contributed by atoms with Crippen LogP contribution in [-0.4, -0.2) is 57.7 Å². The van der Waals surface area contributed by atoms with E-state index in [0.717, 1.165) is 17.7 Å². The fourth-order valence-electron chi connectivity index (χ4n) is 2.41. The summed E-state index contributed by atoms with van der Waals surface area (Å²) in [6.07, 6.45) is 3.70. The Morgan fingerprint density at radius 3 is 2.88 bits per heavy atom. The highest BCUT2D eigenvalue weighted by Crippen LogP contribution is 2.29. The van der Waals surface area contributed by atoms with Crippen molar-refractivity contribution in [1.82, 2.24) is 24.6 Å². The zero-order valence-corrected chi connectivity index (χ0v) is 14.9. The van der Waals surface area contributed by atoms with Gasteiger partial charge in [0.05, 0.1) is 10.2 Å². The molecule has 2 heterocycles. The molecular weight excluding hydrogens is 343 g/mol.